The highest BCUT2D eigenvalue weighted by molar-refractivity contribution is 5.92. The Hall–Kier alpha value is -1.43. The van der Waals surface area contributed by atoms with Crippen molar-refractivity contribution in [1.82, 2.24) is 9.80 Å². The molecule has 5 nitrogen and oxygen atoms in total. The lowest BCUT2D eigenvalue weighted by molar-refractivity contribution is -0.117. The van der Waals surface area contributed by atoms with Crippen LogP contribution in [-0.4, -0.2) is 55.5 Å². The van der Waals surface area contributed by atoms with Gasteiger partial charge in [0.25, 0.3) is 0 Å². The lowest BCUT2D eigenvalue weighted by Crippen LogP contribution is -2.40. The summed E-state index contributed by atoms with van der Waals surface area (Å²) in [5, 5.41) is 2.95. The number of likely N-dealkylation sites (tertiary alicyclic amines) is 1. The molecule has 5 heteroatoms. The summed E-state index contributed by atoms with van der Waals surface area (Å²) in [6.07, 6.45) is 2.48. The summed E-state index contributed by atoms with van der Waals surface area (Å²) in [6, 6.07) is 8.24. The van der Waals surface area contributed by atoms with Crippen molar-refractivity contribution in [1.29, 1.82) is 0 Å². The van der Waals surface area contributed by atoms with Gasteiger partial charge in [0.05, 0.1) is 6.54 Å². The molecule has 1 heterocycles. The minimum atomic E-state index is 0.0130. The number of benzene rings is 1. The zero-order valence-corrected chi connectivity index (χ0v) is 13.0. The van der Waals surface area contributed by atoms with Crippen molar-refractivity contribution in [2.45, 2.75) is 25.4 Å². The largest absolute Gasteiger partial charge is 0.326 e. The van der Waals surface area contributed by atoms with Crippen molar-refractivity contribution in [3.05, 3.63) is 29.8 Å². The second-order valence-corrected chi connectivity index (χ2v) is 5.88. The number of nitrogens with two attached hydrogens (primary N) is 1. The standard InChI is InChI=1S/C16H26N4O/c1-19(11-14-7-5-9-20(14)2)12-16(21)18-15-8-4-3-6-13(15)10-17/h3-4,6,8,14H,5,7,9-12,17H2,1-2H3,(H,18,21). The number of hydrogen-bond donors (Lipinski definition) is 2. The van der Waals surface area contributed by atoms with Crippen LogP contribution in [0.5, 0.6) is 0 Å². The third kappa shape index (κ3) is 4.52. The van der Waals surface area contributed by atoms with Crippen molar-refractivity contribution in [2.24, 2.45) is 5.73 Å². The van der Waals surface area contributed by atoms with E-state index in [0.29, 0.717) is 19.1 Å². The van der Waals surface area contributed by atoms with Gasteiger partial charge in [0.15, 0.2) is 0 Å². The van der Waals surface area contributed by atoms with E-state index in [1.807, 2.05) is 31.3 Å². The highest BCUT2D eigenvalue weighted by atomic mass is 16.2. The third-order valence-corrected chi connectivity index (χ3v) is 4.12. The fourth-order valence-corrected chi connectivity index (χ4v) is 2.89. The SMILES string of the molecule is CN(CC(=O)Nc1ccccc1CN)CC1CCCN1C. The normalized spacial score (nSPS) is 19.1. The van der Waals surface area contributed by atoms with Gasteiger partial charge in [-0.25, -0.2) is 0 Å². The van der Waals surface area contributed by atoms with Gasteiger partial charge in [-0.05, 0) is 45.1 Å². The number of carbonyl (C=O) groups is 1. The summed E-state index contributed by atoms with van der Waals surface area (Å²) in [4.78, 5) is 16.6. The predicted octanol–water partition coefficient (Wildman–Crippen LogP) is 1.11. The Morgan fingerprint density at radius 3 is 2.90 bits per heavy atom. The van der Waals surface area contributed by atoms with Crippen LogP contribution >= 0.6 is 0 Å². The molecule has 116 valence electrons. The van der Waals surface area contributed by atoms with Gasteiger partial charge in [-0.2, -0.15) is 0 Å². The molecule has 0 aliphatic carbocycles. The minimum Gasteiger partial charge on any atom is -0.326 e. The van der Waals surface area contributed by atoms with E-state index in [4.69, 9.17) is 5.73 Å². The highest BCUT2D eigenvalue weighted by Crippen LogP contribution is 2.16. The number of para-hydroxylation sites is 1. The molecule has 0 saturated carbocycles. The molecule has 1 aliphatic rings. The quantitative estimate of drug-likeness (QED) is 0.824. The smallest absolute Gasteiger partial charge is 0.238 e. The maximum absolute atomic E-state index is 12.1. The lowest BCUT2D eigenvalue weighted by atomic mass is 10.2. The van der Waals surface area contributed by atoms with E-state index in [0.717, 1.165) is 24.3 Å². The number of nitrogens with zero attached hydrogens (tertiary/aromatic N) is 2. The van der Waals surface area contributed by atoms with Crippen molar-refractivity contribution in [3.63, 3.8) is 0 Å². The highest BCUT2D eigenvalue weighted by Gasteiger charge is 2.22. The van der Waals surface area contributed by atoms with Crippen LogP contribution in [0, 0.1) is 0 Å². The number of nitrogens with one attached hydrogen (secondary N) is 1. The van der Waals surface area contributed by atoms with E-state index >= 15 is 0 Å². The van der Waals surface area contributed by atoms with E-state index in [-0.39, 0.29) is 5.91 Å². The molecule has 1 aliphatic heterocycles. The van der Waals surface area contributed by atoms with Gasteiger partial charge < -0.3 is 16.0 Å². The first-order chi connectivity index (χ1) is 10.1. The number of amides is 1. The van der Waals surface area contributed by atoms with Crippen molar-refractivity contribution in [3.8, 4) is 0 Å². The first-order valence-corrected chi connectivity index (χ1v) is 7.56. The monoisotopic (exact) mass is 290 g/mol. The van der Waals surface area contributed by atoms with Crippen LogP contribution in [0.2, 0.25) is 0 Å². The van der Waals surface area contributed by atoms with E-state index in [1.165, 1.54) is 12.8 Å². The van der Waals surface area contributed by atoms with Crippen LogP contribution in [0.3, 0.4) is 0 Å². The summed E-state index contributed by atoms with van der Waals surface area (Å²) >= 11 is 0. The Kier molecular flexibility index (Phi) is 5.73. The summed E-state index contributed by atoms with van der Waals surface area (Å²) in [7, 11) is 4.16. The van der Waals surface area contributed by atoms with E-state index in [9.17, 15) is 4.79 Å². The second kappa shape index (κ2) is 7.54. The number of anilines is 1. The molecule has 1 amide bonds. The number of rotatable bonds is 6. The fourth-order valence-electron chi connectivity index (χ4n) is 2.89. The Morgan fingerprint density at radius 1 is 1.48 bits per heavy atom. The average molecular weight is 290 g/mol. The van der Waals surface area contributed by atoms with Crippen LogP contribution in [0.25, 0.3) is 0 Å². The summed E-state index contributed by atoms with van der Waals surface area (Å²) in [5.74, 6) is 0.0130. The number of carbonyl (C=O) groups excluding carboxylic acids is 1. The van der Waals surface area contributed by atoms with E-state index in [2.05, 4.69) is 22.2 Å². The zero-order chi connectivity index (χ0) is 15.2. The van der Waals surface area contributed by atoms with E-state index in [1.54, 1.807) is 0 Å². The van der Waals surface area contributed by atoms with Gasteiger partial charge in [-0.15, -0.1) is 0 Å². The van der Waals surface area contributed by atoms with Crippen LogP contribution in [0.4, 0.5) is 5.69 Å². The van der Waals surface area contributed by atoms with Gasteiger partial charge in [0, 0.05) is 24.8 Å². The molecule has 1 saturated heterocycles. The molecule has 1 atom stereocenters. The molecule has 1 fully saturated rings. The summed E-state index contributed by atoms with van der Waals surface area (Å²) in [6.45, 7) is 2.93. The van der Waals surface area contributed by atoms with Crippen LogP contribution in [0.1, 0.15) is 18.4 Å². The van der Waals surface area contributed by atoms with Crippen LogP contribution < -0.4 is 11.1 Å². The van der Waals surface area contributed by atoms with Gasteiger partial charge in [0.2, 0.25) is 5.91 Å². The molecular formula is C16H26N4O. The Morgan fingerprint density at radius 2 is 2.24 bits per heavy atom. The molecule has 0 bridgehead atoms. The first-order valence-electron chi connectivity index (χ1n) is 7.56. The van der Waals surface area contributed by atoms with Crippen molar-refractivity contribution < 1.29 is 4.79 Å². The van der Waals surface area contributed by atoms with Crippen LogP contribution in [0.15, 0.2) is 24.3 Å². The van der Waals surface area contributed by atoms with Crippen molar-refractivity contribution in [2.75, 3.05) is 39.0 Å². The maximum Gasteiger partial charge on any atom is 0.238 e. The lowest BCUT2D eigenvalue weighted by Gasteiger charge is -2.25. The average Bonchev–Trinajstić information content (AvgIpc) is 2.84. The van der Waals surface area contributed by atoms with Gasteiger partial charge in [-0.1, -0.05) is 18.2 Å². The predicted molar refractivity (Wildman–Crippen MR) is 86.1 cm³/mol. The molecule has 1 aromatic rings. The zero-order valence-electron chi connectivity index (χ0n) is 13.0. The summed E-state index contributed by atoms with van der Waals surface area (Å²) in [5.41, 5.74) is 7.46. The molecule has 0 spiro atoms. The molecule has 0 aromatic heterocycles. The Balaban J connectivity index is 1.83. The fraction of sp³-hybridized carbons (Fsp3) is 0.562. The Labute approximate surface area is 127 Å². The molecule has 0 radical (unpaired) electrons. The molecular weight excluding hydrogens is 264 g/mol. The van der Waals surface area contributed by atoms with E-state index < -0.39 is 0 Å². The number of likely N-dealkylation sites (N-methyl/N-ethyl adjacent to an activating group) is 2. The molecule has 21 heavy (non-hydrogen) atoms. The Bertz CT molecular complexity index is 477. The maximum atomic E-state index is 12.1. The molecule has 1 aromatic carbocycles. The number of hydrogen-bond acceptors (Lipinski definition) is 4. The topological polar surface area (TPSA) is 61.6 Å². The van der Waals surface area contributed by atoms with Crippen LogP contribution in [-0.2, 0) is 11.3 Å². The first kappa shape index (κ1) is 15.9. The van der Waals surface area contributed by atoms with Gasteiger partial charge in [0.1, 0.15) is 0 Å². The third-order valence-electron chi connectivity index (χ3n) is 4.12. The second-order valence-electron chi connectivity index (χ2n) is 5.88. The molecule has 1 unspecified atom stereocenters. The summed E-state index contributed by atoms with van der Waals surface area (Å²) < 4.78 is 0. The molecule has 2 rings (SSSR count). The minimum absolute atomic E-state index is 0.0130. The van der Waals surface area contributed by atoms with Crippen molar-refractivity contribution >= 4 is 11.6 Å². The molecule has 3 N–H and O–H groups in total. The van der Waals surface area contributed by atoms with Gasteiger partial charge in [-0.3, -0.25) is 9.69 Å². The van der Waals surface area contributed by atoms with Gasteiger partial charge >= 0.3 is 0 Å².